The summed E-state index contributed by atoms with van der Waals surface area (Å²) in [6.45, 7) is 3.05. The first-order valence-corrected chi connectivity index (χ1v) is 11.7. The first kappa shape index (κ1) is 22.8. The average Bonchev–Trinajstić information content (AvgIpc) is 3.20. The molecule has 3 fully saturated rings. The molecule has 0 aromatic heterocycles. The number of rotatable bonds is 4. The summed E-state index contributed by atoms with van der Waals surface area (Å²) in [5, 5.41) is 7.96. The Kier molecular flexibility index (Phi) is 5.26. The summed E-state index contributed by atoms with van der Waals surface area (Å²) in [7, 11) is 0. The number of benzene rings is 2. The van der Waals surface area contributed by atoms with Gasteiger partial charge < -0.3 is 10.6 Å². The molecule has 1 aliphatic carbocycles. The molecule has 1 atom stereocenters. The highest BCUT2D eigenvalue weighted by Crippen LogP contribution is 2.36. The highest BCUT2D eigenvalue weighted by atomic mass is 16.2. The van der Waals surface area contributed by atoms with Crippen LogP contribution in [-0.4, -0.2) is 51.8 Å². The van der Waals surface area contributed by atoms with Crippen molar-refractivity contribution < 1.29 is 24.0 Å². The average molecular weight is 478 g/mol. The van der Waals surface area contributed by atoms with Crippen LogP contribution in [0.5, 0.6) is 0 Å². The Bertz CT molecular complexity index is 1270. The van der Waals surface area contributed by atoms with Crippen molar-refractivity contribution >= 4 is 40.6 Å². The predicted octanol–water partition coefficient (Wildman–Crippen LogP) is 2.14. The molecule has 7 amide bonds. The van der Waals surface area contributed by atoms with E-state index in [9.17, 15) is 24.0 Å². The number of hydrazine groups is 1. The summed E-state index contributed by atoms with van der Waals surface area (Å²) in [6, 6.07) is 11.7. The second kappa shape index (κ2) is 8.07. The topological polar surface area (TPSA) is 128 Å². The lowest BCUT2D eigenvalue weighted by Crippen LogP contribution is -2.53. The van der Waals surface area contributed by atoms with Gasteiger partial charge in [-0.3, -0.25) is 24.7 Å². The van der Waals surface area contributed by atoms with Crippen LogP contribution < -0.4 is 16.1 Å². The Balaban J connectivity index is 1.29. The van der Waals surface area contributed by atoms with Crippen molar-refractivity contribution in [3.8, 4) is 0 Å². The lowest BCUT2D eigenvalue weighted by molar-refractivity contribution is -0.141. The van der Waals surface area contributed by atoms with E-state index in [1.165, 1.54) is 0 Å². The molecule has 0 unspecified atom stereocenters. The number of nitrogens with zero attached hydrogens (tertiary/aromatic N) is 2. The van der Waals surface area contributed by atoms with E-state index in [0.29, 0.717) is 29.3 Å². The van der Waals surface area contributed by atoms with Gasteiger partial charge in [-0.1, -0.05) is 43.3 Å². The van der Waals surface area contributed by atoms with Crippen molar-refractivity contribution in [2.75, 3.05) is 6.54 Å². The summed E-state index contributed by atoms with van der Waals surface area (Å²) in [4.78, 5) is 64.9. The number of fused-ring (bicyclic) bond motifs is 1. The Morgan fingerprint density at radius 3 is 2.37 bits per heavy atom. The van der Waals surface area contributed by atoms with Gasteiger partial charge in [0.15, 0.2) is 0 Å². The van der Waals surface area contributed by atoms with Crippen LogP contribution in [0.3, 0.4) is 0 Å². The third-order valence-electron chi connectivity index (χ3n) is 7.43. The van der Waals surface area contributed by atoms with Crippen LogP contribution in [0.1, 0.15) is 45.1 Å². The van der Waals surface area contributed by atoms with E-state index >= 15 is 0 Å². The number of imide groups is 2. The summed E-state index contributed by atoms with van der Waals surface area (Å²) in [5.41, 5.74) is 0.499. The van der Waals surface area contributed by atoms with Gasteiger partial charge in [-0.15, -0.1) is 0 Å². The van der Waals surface area contributed by atoms with Gasteiger partial charge in [0.25, 0.3) is 17.7 Å². The number of hydrogen-bond acceptors (Lipinski definition) is 5. The number of urea groups is 2. The maximum atomic E-state index is 13.3. The Morgan fingerprint density at radius 1 is 0.971 bits per heavy atom. The fourth-order valence-electron chi connectivity index (χ4n) is 5.16. The number of nitrogens with one attached hydrogen (secondary N) is 3. The molecule has 3 aliphatic rings. The number of amides is 7. The zero-order valence-electron chi connectivity index (χ0n) is 19.6. The van der Waals surface area contributed by atoms with Gasteiger partial charge in [0.2, 0.25) is 0 Å². The van der Waals surface area contributed by atoms with Crippen molar-refractivity contribution in [3.63, 3.8) is 0 Å². The van der Waals surface area contributed by atoms with Gasteiger partial charge in [0, 0.05) is 0 Å². The molecule has 1 spiro atoms. The molecule has 5 rings (SSSR count). The lowest BCUT2D eigenvalue weighted by atomic mass is 9.77. The van der Waals surface area contributed by atoms with Crippen LogP contribution in [0.15, 0.2) is 42.5 Å². The molecule has 2 saturated heterocycles. The molecule has 1 saturated carbocycles. The lowest BCUT2D eigenvalue weighted by Gasteiger charge is -2.33. The van der Waals surface area contributed by atoms with E-state index in [4.69, 9.17) is 0 Å². The minimum Gasteiger partial charge on any atom is -0.322 e. The molecule has 10 nitrogen and oxygen atoms in total. The molecule has 10 heteroatoms. The zero-order valence-corrected chi connectivity index (χ0v) is 19.6. The third-order valence-corrected chi connectivity index (χ3v) is 7.43. The largest absolute Gasteiger partial charge is 0.344 e. The second-order valence-electron chi connectivity index (χ2n) is 9.88. The second-order valence-corrected chi connectivity index (χ2v) is 9.88. The number of hydrogen-bond donors (Lipinski definition) is 3. The molecular formula is C25H27N5O5. The van der Waals surface area contributed by atoms with E-state index < -0.39 is 47.4 Å². The normalized spacial score (nSPS) is 28.6. The van der Waals surface area contributed by atoms with E-state index in [2.05, 4.69) is 23.0 Å². The van der Waals surface area contributed by atoms with Crippen LogP contribution in [-0.2, 0) is 19.9 Å². The SMILES string of the molecule is CC1CCC2(CC1)NC(=O)N(NC(=O)CN1C(=O)N[C@@](C)(c3ccc4ccccc4c3)C1=O)C2=O. The molecule has 2 aliphatic heterocycles. The highest BCUT2D eigenvalue weighted by molar-refractivity contribution is 6.11. The summed E-state index contributed by atoms with van der Waals surface area (Å²) in [6.07, 6.45) is 2.59. The van der Waals surface area contributed by atoms with Crippen molar-refractivity contribution in [1.82, 2.24) is 26.0 Å². The fourth-order valence-corrected chi connectivity index (χ4v) is 5.16. The van der Waals surface area contributed by atoms with Gasteiger partial charge in [0.05, 0.1) is 0 Å². The Hall–Kier alpha value is -3.95. The summed E-state index contributed by atoms with van der Waals surface area (Å²) >= 11 is 0. The third kappa shape index (κ3) is 3.69. The van der Waals surface area contributed by atoms with Crippen molar-refractivity contribution in [3.05, 3.63) is 48.0 Å². The highest BCUT2D eigenvalue weighted by Gasteiger charge is 2.54. The van der Waals surface area contributed by atoms with Gasteiger partial charge >= 0.3 is 12.1 Å². The molecule has 2 aromatic rings. The molecule has 182 valence electrons. The molecule has 2 aromatic carbocycles. The Morgan fingerprint density at radius 2 is 1.66 bits per heavy atom. The van der Waals surface area contributed by atoms with Crippen LogP contribution in [0, 0.1) is 5.92 Å². The zero-order chi connectivity index (χ0) is 25.0. The molecule has 0 bridgehead atoms. The smallest absolute Gasteiger partial charge is 0.322 e. The summed E-state index contributed by atoms with van der Waals surface area (Å²) < 4.78 is 0. The monoisotopic (exact) mass is 477 g/mol. The summed E-state index contributed by atoms with van der Waals surface area (Å²) in [5.74, 6) is -1.46. The van der Waals surface area contributed by atoms with Crippen LogP contribution in [0.4, 0.5) is 9.59 Å². The van der Waals surface area contributed by atoms with Crippen molar-refractivity contribution in [2.24, 2.45) is 5.92 Å². The molecule has 0 radical (unpaired) electrons. The first-order valence-electron chi connectivity index (χ1n) is 11.7. The molecular weight excluding hydrogens is 450 g/mol. The van der Waals surface area contributed by atoms with Gasteiger partial charge in [0.1, 0.15) is 17.6 Å². The minimum absolute atomic E-state index is 0.463. The standard InChI is InChI=1S/C25H27N5O5/c1-15-9-11-25(12-10-15)21(33)30(23(35)27-25)28-19(31)14-29-20(32)24(2,26-22(29)34)18-8-7-16-5-3-4-6-17(16)13-18/h3-8,13,15H,9-12,14H2,1-2H3,(H,26,34)(H,27,35)(H,28,31)/t15?,24-,25?/m0/s1. The fraction of sp³-hybridized carbons (Fsp3) is 0.400. The molecule has 2 heterocycles. The maximum absolute atomic E-state index is 13.3. The quantitative estimate of drug-likeness (QED) is 0.582. The van der Waals surface area contributed by atoms with E-state index in [1.807, 2.05) is 36.4 Å². The van der Waals surface area contributed by atoms with E-state index in [1.54, 1.807) is 13.0 Å². The minimum atomic E-state index is -1.36. The number of carbonyl (C=O) groups is 5. The van der Waals surface area contributed by atoms with Crippen molar-refractivity contribution in [2.45, 2.75) is 50.6 Å². The molecule has 35 heavy (non-hydrogen) atoms. The van der Waals surface area contributed by atoms with E-state index in [-0.39, 0.29) is 0 Å². The van der Waals surface area contributed by atoms with Gasteiger partial charge in [-0.25, -0.2) is 9.59 Å². The van der Waals surface area contributed by atoms with Crippen molar-refractivity contribution in [1.29, 1.82) is 0 Å². The van der Waals surface area contributed by atoms with Gasteiger partial charge in [-0.05, 0) is 60.9 Å². The van der Waals surface area contributed by atoms with Crippen LogP contribution in [0.25, 0.3) is 10.8 Å². The van der Waals surface area contributed by atoms with E-state index in [0.717, 1.165) is 28.5 Å². The van der Waals surface area contributed by atoms with Crippen LogP contribution in [0.2, 0.25) is 0 Å². The van der Waals surface area contributed by atoms with Gasteiger partial charge in [-0.2, -0.15) is 5.01 Å². The van der Waals surface area contributed by atoms with Crippen LogP contribution >= 0.6 is 0 Å². The number of carbonyl (C=O) groups excluding carboxylic acids is 5. The predicted molar refractivity (Wildman–Crippen MR) is 125 cm³/mol. The Labute approximate surface area is 202 Å². The molecule has 3 N–H and O–H groups in total. The first-order chi connectivity index (χ1) is 16.6. The maximum Gasteiger partial charge on any atom is 0.344 e.